The maximum absolute atomic E-state index is 9.64. The molecular weight excluding hydrogens is 84.0 g/mol. The van der Waals surface area contributed by atoms with Crippen LogP contribution < -0.4 is 0 Å². The van der Waals surface area contributed by atoms with Gasteiger partial charge in [0.05, 0.1) is 0 Å². The van der Waals surface area contributed by atoms with Crippen molar-refractivity contribution in [3.63, 3.8) is 0 Å². The Kier molecular flexibility index (Phi) is 0.504. The van der Waals surface area contributed by atoms with Crippen LogP contribution in [0.4, 0.5) is 0 Å². The SMILES string of the molecule is CC1(C=O)OO1. The summed E-state index contributed by atoms with van der Waals surface area (Å²) in [5, 5.41) is 0. The number of hydrogen-bond donors (Lipinski definition) is 0. The van der Waals surface area contributed by atoms with Crippen molar-refractivity contribution >= 4 is 6.29 Å². The van der Waals surface area contributed by atoms with Gasteiger partial charge in [0.1, 0.15) is 0 Å². The summed E-state index contributed by atoms with van der Waals surface area (Å²) in [6.07, 6.45) is 0.604. The third kappa shape index (κ3) is 0.418. The summed E-state index contributed by atoms with van der Waals surface area (Å²) in [6, 6.07) is 0. The fraction of sp³-hybridized carbons (Fsp3) is 0.667. The summed E-state index contributed by atoms with van der Waals surface area (Å²) in [4.78, 5) is 18.0. The van der Waals surface area contributed by atoms with Crippen LogP contribution in [0.25, 0.3) is 0 Å². The number of carbonyl (C=O) groups is 1. The maximum atomic E-state index is 9.64. The Bertz CT molecular complexity index is 74.1. The summed E-state index contributed by atoms with van der Waals surface area (Å²) < 4.78 is 0. The average Bonchev–Trinajstić information content (AvgIpc) is 2.22. The highest BCUT2D eigenvalue weighted by Crippen LogP contribution is 2.24. The first kappa shape index (κ1) is 3.77. The van der Waals surface area contributed by atoms with Crippen LogP contribution in [0, 0.1) is 0 Å². The van der Waals surface area contributed by atoms with Crippen molar-refractivity contribution in [3.8, 4) is 0 Å². The average molecular weight is 88.1 g/mol. The van der Waals surface area contributed by atoms with Crippen LogP contribution in [0.5, 0.6) is 0 Å². The van der Waals surface area contributed by atoms with E-state index < -0.39 is 5.79 Å². The molecule has 0 aliphatic carbocycles. The summed E-state index contributed by atoms with van der Waals surface area (Å²) in [5.41, 5.74) is 0. The lowest BCUT2D eigenvalue weighted by Crippen LogP contribution is -2.02. The van der Waals surface area contributed by atoms with E-state index in [4.69, 9.17) is 0 Å². The molecule has 6 heavy (non-hydrogen) atoms. The first-order valence-electron chi connectivity index (χ1n) is 1.60. The number of rotatable bonds is 1. The molecule has 3 nitrogen and oxygen atoms in total. The molecule has 1 heterocycles. The Morgan fingerprint density at radius 2 is 2.17 bits per heavy atom. The Hall–Kier alpha value is -0.410. The zero-order valence-corrected chi connectivity index (χ0v) is 3.30. The van der Waals surface area contributed by atoms with E-state index in [9.17, 15) is 4.79 Å². The molecule has 3 heteroatoms. The van der Waals surface area contributed by atoms with Crippen molar-refractivity contribution in [2.24, 2.45) is 0 Å². The smallest absolute Gasteiger partial charge is 0.285 e. The van der Waals surface area contributed by atoms with E-state index in [0.717, 1.165) is 0 Å². The fourth-order valence-electron chi connectivity index (χ4n) is 0.105. The lowest BCUT2D eigenvalue weighted by atomic mass is 10.4. The van der Waals surface area contributed by atoms with Gasteiger partial charge < -0.3 is 0 Å². The van der Waals surface area contributed by atoms with Crippen LogP contribution in [0.15, 0.2) is 0 Å². The number of carbonyl (C=O) groups excluding carboxylic acids is 1. The summed E-state index contributed by atoms with van der Waals surface area (Å²) in [6.45, 7) is 1.54. The van der Waals surface area contributed by atoms with E-state index in [1.807, 2.05) is 0 Å². The lowest BCUT2D eigenvalue weighted by molar-refractivity contribution is -0.112. The summed E-state index contributed by atoms with van der Waals surface area (Å²) >= 11 is 0. The van der Waals surface area contributed by atoms with Crippen LogP contribution in [0.1, 0.15) is 6.92 Å². The molecule has 0 radical (unpaired) electrons. The fourth-order valence-corrected chi connectivity index (χ4v) is 0.105. The molecule has 0 unspecified atom stereocenters. The quantitative estimate of drug-likeness (QED) is 0.254. The van der Waals surface area contributed by atoms with Gasteiger partial charge in [0.2, 0.25) is 0 Å². The minimum Gasteiger partial charge on any atom is -0.297 e. The van der Waals surface area contributed by atoms with Crippen LogP contribution in [0.2, 0.25) is 0 Å². The highest BCUT2D eigenvalue weighted by molar-refractivity contribution is 5.60. The molecule has 0 bridgehead atoms. The van der Waals surface area contributed by atoms with Gasteiger partial charge >= 0.3 is 0 Å². The van der Waals surface area contributed by atoms with E-state index >= 15 is 0 Å². The number of aldehydes is 1. The second-order valence-electron chi connectivity index (χ2n) is 1.30. The predicted molar refractivity (Wildman–Crippen MR) is 16.6 cm³/mol. The Morgan fingerprint density at radius 1 is 1.67 bits per heavy atom. The van der Waals surface area contributed by atoms with Gasteiger partial charge in [-0.15, -0.1) is 0 Å². The van der Waals surface area contributed by atoms with E-state index in [1.54, 1.807) is 6.92 Å². The van der Waals surface area contributed by atoms with Crippen molar-refractivity contribution in [2.75, 3.05) is 0 Å². The minimum atomic E-state index is -0.889. The van der Waals surface area contributed by atoms with Crippen LogP contribution in [-0.4, -0.2) is 12.1 Å². The standard InChI is InChI=1S/C3H4O3/c1-3(2-4)5-6-3/h2H,1H3. The van der Waals surface area contributed by atoms with Crippen molar-refractivity contribution in [3.05, 3.63) is 0 Å². The van der Waals surface area contributed by atoms with Crippen LogP contribution in [0.3, 0.4) is 0 Å². The van der Waals surface area contributed by atoms with E-state index in [0.29, 0.717) is 6.29 Å². The molecule has 0 amide bonds. The van der Waals surface area contributed by atoms with Crippen molar-refractivity contribution in [2.45, 2.75) is 12.7 Å². The van der Waals surface area contributed by atoms with Crippen molar-refractivity contribution in [1.29, 1.82) is 0 Å². The predicted octanol–water partition coefficient (Wildman–Crippen LogP) is -0.137. The van der Waals surface area contributed by atoms with Crippen molar-refractivity contribution in [1.82, 2.24) is 0 Å². The second-order valence-corrected chi connectivity index (χ2v) is 1.30. The molecule has 34 valence electrons. The topological polar surface area (TPSA) is 42.1 Å². The molecule has 0 atom stereocenters. The van der Waals surface area contributed by atoms with E-state index in [-0.39, 0.29) is 0 Å². The molecule has 0 aromatic carbocycles. The highest BCUT2D eigenvalue weighted by Gasteiger charge is 2.43. The monoisotopic (exact) mass is 88.0 g/mol. The Balaban J connectivity index is 2.47. The molecule has 1 aliphatic rings. The first-order valence-corrected chi connectivity index (χ1v) is 1.60. The summed E-state index contributed by atoms with van der Waals surface area (Å²) in [5.74, 6) is -0.889. The van der Waals surface area contributed by atoms with Crippen LogP contribution >= 0.6 is 0 Å². The highest BCUT2D eigenvalue weighted by atomic mass is 17.4. The van der Waals surface area contributed by atoms with Crippen molar-refractivity contribution < 1.29 is 14.6 Å². The van der Waals surface area contributed by atoms with Gasteiger partial charge in [0, 0.05) is 6.92 Å². The van der Waals surface area contributed by atoms with E-state index in [1.165, 1.54) is 0 Å². The zero-order valence-electron chi connectivity index (χ0n) is 3.30. The number of hydrogen-bond acceptors (Lipinski definition) is 3. The second kappa shape index (κ2) is 0.802. The summed E-state index contributed by atoms with van der Waals surface area (Å²) in [7, 11) is 0. The third-order valence-electron chi connectivity index (χ3n) is 0.560. The zero-order chi connectivity index (χ0) is 4.62. The molecule has 0 saturated carbocycles. The Labute approximate surface area is 34.8 Å². The molecule has 1 rings (SSSR count). The molecule has 1 saturated heterocycles. The normalized spacial score (nSPS) is 26.2. The third-order valence-corrected chi connectivity index (χ3v) is 0.560. The van der Waals surface area contributed by atoms with Gasteiger partial charge in [-0.05, 0) is 0 Å². The van der Waals surface area contributed by atoms with Gasteiger partial charge in [0.15, 0.2) is 6.29 Å². The maximum Gasteiger partial charge on any atom is 0.285 e. The van der Waals surface area contributed by atoms with Gasteiger partial charge in [0.25, 0.3) is 5.79 Å². The minimum absolute atomic E-state index is 0.604. The molecule has 1 aliphatic heterocycles. The molecule has 0 spiro atoms. The first-order chi connectivity index (χ1) is 2.77. The molecule has 0 aromatic heterocycles. The van der Waals surface area contributed by atoms with Gasteiger partial charge in [-0.1, -0.05) is 0 Å². The van der Waals surface area contributed by atoms with Crippen LogP contribution in [-0.2, 0) is 14.6 Å². The van der Waals surface area contributed by atoms with Gasteiger partial charge in [-0.2, -0.15) is 9.78 Å². The molecule has 0 N–H and O–H groups in total. The van der Waals surface area contributed by atoms with Gasteiger partial charge in [-0.25, -0.2) is 0 Å². The lowest BCUT2D eigenvalue weighted by Gasteiger charge is -1.72. The van der Waals surface area contributed by atoms with Gasteiger partial charge in [-0.3, -0.25) is 4.79 Å². The molecule has 1 fully saturated rings. The molecular formula is C3H4O3. The Morgan fingerprint density at radius 3 is 2.17 bits per heavy atom. The molecule has 0 aromatic rings. The van der Waals surface area contributed by atoms with E-state index in [2.05, 4.69) is 9.78 Å². The largest absolute Gasteiger partial charge is 0.297 e.